The average Bonchev–Trinajstić information content (AvgIpc) is 2.72. The molecule has 0 bridgehead atoms. The predicted molar refractivity (Wildman–Crippen MR) is 78.4 cm³/mol. The molecule has 0 aliphatic carbocycles. The number of aromatic nitrogens is 3. The van der Waals surface area contributed by atoms with Crippen molar-refractivity contribution in [3.63, 3.8) is 0 Å². The van der Waals surface area contributed by atoms with Gasteiger partial charge in [-0.25, -0.2) is 9.97 Å². The van der Waals surface area contributed by atoms with Crippen LogP contribution in [-0.2, 0) is 7.05 Å². The Bertz CT molecular complexity index is 780. The van der Waals surface area contributed by atoms with E-state index in [0.717, 1.165) is 22.0 Å². The van der Waals surface area contributed by atoms with E-state index in [1.54, 1.807) is 12.3 Å². The van der Waals surface area contributed by atoms with Crippen LogP contribution in [0.25, 0.3) is 22.0 Å². The summed E-state index contributed by atoms with van der Waals surface area (Å²) < 4.78 is 1.92. The molecule has 0 radical (unpaired) electrons. The zero-order valence-corrected chi connectivity index (χ0v) is 11.6. The standard InChI is InChI=1S/C13H10Cl2N4/c1-19-5-9(8-4-17-6-18-13(8)16)7-2-3-10(14)11(15)12(7)19/h2-6H,1H3,(H2,16,17,18). The number of nitrogen functional groups attached to an aromatic ring is 1. The third kappa shape index (κ3) is 1.84. The normalized spacial score (nSPS) is 11.1. The highest BCUT2D eigenvalue weighted by molar-refractivity contribution is 6.45. The third-order valence-corrected chi connectivity index (χ3v) is 3.86. The SMILES string of the molecule is Cn1cc(-c2cncnc2N)c2ccc(Cl)c(Cl)c21. The van der Waals surface area contributed by atoms with Gasteiger partial charge in [0.2, 0.25) is 0 Å². The van der Waals surface area contributed by atoms with Gasteiger partial charge in [0.25, 0.3) is 0 Å². The highest BCUT2D eigenvalue weighted by Gasteiger charge is 2.15. The fourth-order valence-corrected chi connectivity index (χ4v) is 2.64. The zero-order chi connectivity index (χ0) is 13.6. The third-order valence-electron chi connectivity index (χ3n) is 3.07. The van der Waals surface area contributed by atoms with Crippen LogP contribution in [0.1, 0.15) is 0 Å². The summed E-state index contributed by atoms with van der Waals surface area (Å²) in [4.78, 5) is 8.03. The maximum absolute atomic E-state index is 6.26. The Balaban J connectivity index is 2.39. The van der Waals surface area contributed by atoms with Crippen molar-refractivity contribution in [3.8, 4) is 11.1 Å². The van der Waals surface area contributed by atoms with E-state index in [1.807, 2.05) is 23.9 Å². The highest BCUT2D eigenvalue weighted by atomic mass is 35.5. The number of fused-ring (bicyclic) bond motifs is 1. The number of halogens is 2. The summed E-state index contributed by atoms with van der Waals surface area (Å²) in [5.41, 5.74) is 8.49. The lowest BCUT2D eigenvalue weighted by Crippen LogP contribution is -1.94. The number of benzene rings is 1. The molecule has 6 heteroatoms. The topological polar surface area (TPSA) is 56.7 Å². The summed E-state index contributed by atoms with van der Waals surface area (Å²) in [6.07, 6.45) is 5.06. The van der Waals surface area contributed by atoms with Gasteiger partial charge in [0.1, 0.15) is 12.1 Å². The van der Waals surface area contributed by atoms with E-state index in [1.165, 1.54) is 6.33 Å². The van der Waals surface area contributed by atoms with E-state index in [9.17, 15) is 0 Å². The second kappa shape index (κ2) is 4.40. The van der Waals surface area contributed by atoms with Crippen LogP contribution in [0.3, 0.4) is 0 Å². The Morgan fingerprint density at radius 2 is 2.00 bits per heavy atom. The molecule has 0 unspecified atom stereocenters. The molecule has 0 saturated carbocycles. The van der Waals surface area contributed by atoms with Crippen LogP contribution in [0.2, 0.25) is 10.0 Å². The summed E-state index contributed by atoms with van der Waals surface area (Å²) in [6, 6.07) is 3.70. The number of hydrogen-bond acceptors (Lipinski definition) is 3. The lowest BCUT2D eigenvalue weighted by Gasteiger charge is -2.03. The van der Waals surface area contributed by atoms with Gasteiger partial charge in [-0.05, 0) is 6.07 Å². The molecule has 2 heterocycles. The first kappa shape index (κ1) is 12.3. The molecule has 2 aromatic heterocycles. The fraction of sp³-hybridized carbons (Fsp3) is 0.0769. The Morgan fingerprint density at radius 3 is 2.74 bits per heavy atom. The van der Waals surface area contributed by atoms with Crippen LogP contribution in [0.15, 0.2) is 30.9 Å². The lowest BCUT2D eigenvalue weighted by molar-refractivity contribution is 0.970. The molecule has 0 aliphatic rings. The van der Waals surface area contributed by atoms with Crippen molar-refractivity contribution < 1.29 is 0 Å². The van der Waals surface area contributed by atoms with Gasteiger partial charge >= 0.3 is 0 Å². The number of rotatable bonds is 1. The lowest BCUT2D eigenvalue weighted by atomic mass is 10.1. The van der Waals surface area contributed by atoms with Crippen molar-refractivity contribution >= 4 is 39.9 Å². The molecule has 0 amide bonds. The van der Waals surface area contributed by atoms with Crippen molar-refractivity contribution in [2.24, 2.45) is 7.05 Å². The minimum Gasteiger partial charge on any atom is -0.383 e. The maximum atomic E-state index is 6.26. The monoisotopic (exact) mass is 292 g/mol. The van der Waals surface area contributed by atoms with E-state index in [-0.39, 0.29) is 0 Å². The molecule has 3 aromatic rings. The smallest absolute Gasteiger partial charge is 0.134 e. The zero-order valence-electron chi connectivity index (χ0n) is 10.1. The molecule has 2 N–H and O–H groups in total. The molecule has 0 spiro atoms. The van der Waals surface area contributed by atoms with Crippen LogP contribution >= 0.6 is 23.2 Å². The summed E-state index contributed by atoms with van der Waals surface area (Å²) in [5, 5.41) is 2.03. The van der Waals surface area contributed by atoms with Gasteiger partial charge in [0.15, 0.2) is 0 Å². The second-order valence-electron chi connectivity index (χ2n) is 4.23. The number of nitrogens with two attached hydrogens (primary N) is 1. The van der Waals surface area contributed by atoms with Crippen molar-refractivity contribution in [1.82, 2.24) is 14.5 Å². The van der Waals surface area contributed by atoms with Gasteiger partial charge in [-0.1, -0.05) is 29.3 Å². The van der Waals surface area contributed by atoms with Crippen LogP contribution in [0.4, 0.5) is 5.82 Å². The minimum absolute atomic E-state index is 0.438. The van der Waals surface area contributed by atoms with Gasteiger partial charge in [-0.3, -0.25) is 0 Å². The van der Waals surface area contributed by atoms with Gasteiger partial charge in [0.05, 0.1) is 15.6 Å². The molecule has 0 saturated heterocycles. The van der Waals surface area contributed by atoms with E-state index < -0.39 is 0 Å². The molecular weight excluding hydrogens is 283 g/mol. The van der Waals surface area contributed by atoms with Crippen LogP contribution in [0, 0.1) is 0 Å². The molecule has 19 heavy (non-hydrogen) atoms. The summed E-state index contributed by atoms with van der Waals surface area (Å²) in [7, 11) is 1.91. The summed E-state index contributed by atoms with van der Waals surface area (Å²) >= 11 is 12.3. The Morgan fingerprint density at radius 1 is 1.21 bits per heavy atom. The first-order valence-corrected chi connectivity index (χ1v) is 6.34. The molecule has 4 nitrogen and oxygen atoms in total. The van der Waals surface area contributed by atoms with Crippen molar-refractivity contribution in [2.45, 2.75) is 0 Å². The molecule has 0 aliphatic heterocycles. The van der Waals surface area contributed by atoms with Gasteiger partial charge in [0, 0.05) is 36.0 Å². The van der Waals surface area contributed by atoms with Gasteiger partial charge in [-0.2, -0.15) is 0 Å². The highest BCUT2D eigenvalue weighted by Crippen LogP contribution is 2.38. The van der Waals surface area contributed by atoms with Crippen LogP contribution in [-0.4, -0.2) is 14.5 Å². The largest absolute Gasteiger partial charge is 0.383 e. The van der Waals surface area contributed by atoms with E-state index in [2.05, 4.69) is 9.97 Å². The predicted octanol–water partition coefficient (Wildman–Crippen LogP) is 3.52. The fourth-order valence-electron chi connectivity index (χ4n) is 2.19. The summed E-state index contributed by atoms with van der Waals surface area (Å²) in [5.74, 6) is 0.438. The van der Waals surface area contributed by atoms with Gasteiger partial charge in [-0.15, -0.1) is 0 Å². The van der Waals surface area contributed by atoms with E-state index in [4.69, 9.17) is 28.9 Å². The van der Waals surface area contributed by atoms with E-state index in [0.29, 0.717) is 15.9 Å². The van der Waals surface area contributed by atoms with Crippen LogP contribution in [0.5, 0.6) is 0 Å². The molecule has 1 aromatic carbocycles. The number of aryl methyl sites for hydroxylation is 1. The van der Waals surface area contributed by atoms with Gasteiger partial charge < -0.3 is 10.3 Å². The number of hydrogen-bond donors (Lipinski definition) is 1. The molecule has 0 fully saturated rings. The maximum Gasteiger partial charge on any atom is 0.134 e. The first-order valence-electron chi connectivity index (χ1n) is 5.58. The Kier molecular flexibility index (Phi) is 2.84. The van der Waals surface area contributed by atoms with Crippen molar-refractivity contribution in [1.29, 1.82) is 0 Å². The Labute approximate surface area is 119 Å². The van der Waals surface area contributed by atoms with Crippen molar-refractivity contribution in [3.05, 3.63) is 40.9 Å². The Hall–Kier alpha value is -1.78. The van der Waals surface area contributed by atoms with Crippen molar-refractivity contribution in [2.75, 3.05) is 5.73 Å². The molecule has 3 rings (SSSR count). The number of nitrogens with zero attached hydrogens (tertiary/aromatic N) is 3. The first-order chi connectivity index (χ1) is 9.09. The van der Waals surface area contributed by atoms with E-state index >= 15 is 0 Å². The molecule has 0 atom stereocenters. The molecular formula is C13H10Cl2N4. The summed E-state index contributed by atoms with van der Waals surface area (Å²) in [6.45, 7) is 0. The number of anilines is 1. The quantitative estimate of drug-likeness (QED) is 0.746. The minimum atomic E-state index is 0.438. The van der Waals surface area contributed by atoms with Crippen LogP contribution < -0.4 is 5.73 Å². The second-order valence-corrected chi connectivity index (χ2v) is 5.02. The molecule has 96 valence electrons. The average molecular weight is 293 g/mol.